The topological polar surface area (TPSA) is 7.12 Å². The number of thioether (sulfide) groups is 1. The second kappa shape index (κ2) is 7.41. The van der Waals surface area contributed by atoms with Crippen LogP contribution < -0.4 is 9.47 Å². The molecule has 0 N–H and O–H groups in total. The van der Waals surface area contributed by atoms with Crippen molar-refractivity contribution in [3.05, 3.63) is 95.7 Å². The molecule has 0 unspecified atom stereocenters. The molecule has 0 saturated carbocycles. The molecule has 0 amide bonds. The molecule has 0 spiro atoms. The zero-order valence-corrected chi connectivity index (χ0v) is 17.5. The summed E-state index contributed by atoms with van der Waals surface area (Å²) in [5.41, 5.74) is 6.28. The zero-order chi connectivity index (χ0) is 19.8. The molecule has 0 fully saturated rings. The maximum Gasteiger partial charge on any atom is 0.212 e. The number of nitrogens with zero attached hydrogens (tertiary/aromatic N) is 2. The normalized spacial score (nSPS) is 14.6. The van der Waals surface area contributed by atoms with Gasteiger partial charge in [-0.05, 0) is 42.3 Å². The van der Waals surface area contributed by atoms with Gasteiger partial charge in [-0.15, -0.1) is 0 Å². The minimum absolute atomic E-state index is 0.946. The van der Waals surface area contributed by atoms with E-state index in [1.165, 1.54) is 43.3 Å². The van der Waals surface area contributed by atoms with E-state index in [0.29, 0.717) is 0 Å². The Labute approximate surface area is 176 Å². The summed E-state index contributed by atoms with van der Waals surface area (Å²) in [6.45, 7) is 3.17. The predicted octanol–water partition coefficient (Wildman–Crippen LogP) is 6.26. The van der Waals surface area contributed by atoms with Gasteiger partial charge in [0, 0.05) is 35.0 Å². The summed E-state index contributed by atoms with van der Waals surface area (Å²) in [5, 5.41) is 2.54. The summed E-state index contributed by atoms with van der Waals surface area (Å²) in [6, 6.07) is 30.4. The molecule has 0 aliphatic carbocycles. The average molecular weight is 396 g/mol. The smallest absolute Gasteiger partial charge is 0.212 e. The van der Waals surface area contributed by atoms with E-state index in [1.807, 2.05) is 11.8 Å². The predicted molar refractivity (Wildman–Crippen MR) is 124 cm³/mol. The minimum atomic E-state index is 0.946. The lowest BCUT2D eigenvalue weighted by Gasteiger charge is -2.18. The first-order chi connectivity index (χ1) is 14.2. The average Bonchev–Trinajstić information content (AvgIpc) is 3.12. The number of hydrogen-bond acceptors (Lipinski definition) is 2. The van der Waals surface area contributed by atoms with E-state index in [0.717, 1.165) is 6.54 Å². The van der Waals surface area contributed by atoms with E-state index in [9.17, 15) is 0 Å². The van der Waals surface area contributed by atoms with Crippen LogP contribution in [-0.4, -0.2) is 6.54 Å². The van der Waals surface area contributed by atoms with Gasteiger partial charge >= 0.3 is 0 Å². The maximum atomic E-state index is 2.42. The lowest BCUT2D eigenvalue weighted by atomic mass is 10.0. The van der Waals surface area contributed by atoms with Crippen LogP contribution in [0.2, 0.25) is 0 Å². The number of aromatic nitrogens is 1. The van der Waals surface area contributed by atoms with Crippen molar-refractivity contribution in [3.8, 4) is 11.1 Å². The molecule has 4 aromatic rings. The van der Waals surface area contributed by atoms with Crippen LogP contribution in [0.3, 0.4) is 0 Å². The second-order valence-corrected chi connectivity index (χ2v) is 8.32. The van der Waals surface area contributed by atoms with Crippen molar-refractivity contribution < 1.29 is 4.57 Å². The van der Waals surface area contributed by atoms with E-state index in [-0.39, 0.29) is 0 Å². The lowest BCUT2D eigenvalue weighted by molar-refractivity contribution is -0.646. The Morgan fingerprint density at radius 2 is 1.66 bits per heavy atom. The quantitative estimate of drug-likeness (QED) is 0.378. The van der Waals surface area contributed by atoms with Crippen LogP contribution in [0.4, 0.5) is 5.69 Å². The molecule has 0 saturated heterocycles. The van der Waals surface area contributed by atoms with E-state index >= 15 is 0 Å². The van der Waals surface area contributed by atoms with Crippen molar-refractivity contribution in [1.29, 1.82) is 0 Å². The highest BCUT2D eigenvalue weighted by molar-refractivity contribution is 8.03. The molecule has 5 rings (SSSR count). The van der Waals surface area contributed by atoms with Crippen LogP contribution in [0.25, 0.3) is 28.1 Å². The molecular weight excluding hydrogens is 372 g/mol. The van der Waals surface area contributed by atoms with Gasteiger partial charge in [0.15, 0.2) is 0 Å². The molecule has 1 aromatic heterocycles. The van der Waals surface area contributed by atoms with Crippen molar-refractivity contribution in [2.45, 2.75) is 11.8 Å². The highest BCUT2D eigenvalue weighted by atomic mass is 32.2. The fourth-order valence-corrected chi connectivity index (χ4v) is 5.13. The van der Waals surface area contributed by atoms with Crippen molar-refractivity contribution in [1.82, 2.24) is 0 Å². The molecule has 2 nitrogen and oxygen atoms in total. The van der Waals surface area contributed by atoms with Crippen LogP contribution >= 0.6 is 11.8 Å². The van der Waals surface area contributed by atoms with E-state index in [2.05, 4.69) is 114 Å². The van der Waals surface area contributed by atoms with Crippen molar-refractivity contribution in [2.24, 2.45) is 7.05 Å². The van der Waals surface area contributed by atoms with Gasteiger partial charge in [-0.25, -0.2) is 0 Å². The number of anilines is 1. The maximum absolute atomic E-state index is 2.42. The second-order valence-electron chi connectivity index (χ2n) is 7.25. The molecule has 0 bridgehead atoms. The van der Waals surface area contributed by atoms with Gasteiger partial charge in [0.05, 0.1) is 10.7 Å². The van der Waals surface area contributed by atoms with Crippen LogP contribution in [0, 0.1) is 0 Å². The Morgan fingerprint density at radius 1 is 0.862 bits per heavy atom. The number of rotatable bonds is 3. The molecule has 142 valence electrons. The first-order valence-electron chi connectivity index (χ1n) is 9.99. The van der Waals surface area contributed by atoms with E-state index in [1.54, 1.807) is 0 Å². The first kappa shape index (κ1) is 18.0. The van der Waals surface area contributed by atoms with Crippen LogP contribution in [0.1, 0.15) is 12.6 Å². The molecule has 3 heteroatoms. The molecule has 0 atom stereocenters. The van der Waals surface area contributed by atoms with Crippen LogP contribution in [-0.2, 0) is 7.05 Å². The minimum Gasteiger partial charge on any atom is -0.335 e. The van der Waals surface area contributed by atoms with Crippen LogP contribution in [0.15, 0.2) is 94.9 Å². The summed E-state index contributed by atoms with van der Waals surface area (Å²) in [6.07, 6.45) is 2.31. The molecule has 0 radical (unpaired) electrons. The highest BCUT2D eigenvalue weighted by Gasteiger charge is 2.25. The fourth-order valence-electron chi connectivity index (χ4n) is 3.98. The van der Waals surface area contributed by atoms with Gasteiger partial charge in [-0.2, -0.15) is 4.57 Å². The zero-order valence-electron chi connectivity index (χ0n) is 16.7. The molecule has 1 aliphatic rings. The largest absolute Gasteiger partial charge is 0.335 e. The molecule has 3 aromatic carbocycles. The van der Waals surface area contributed by atoms with Gasteiger partial charge in [-0.1, -0.05) is 60.3 Å². The lowest BCUT2D eigenvalue weighted by Crippen LogP contribution is -2.33. The first-order valence-corrected chi connectivity index (χ1v) is 10.8. The summed E-state index contributed by atoms with van der Waals surface area (Å²) < 4.78 is 2.27. The SMILES string of the molecule is CCN1/C(=C/c2ccc3ccccc3[n+]2C)Sc2ccc(-c3ccccc3)cc21. The standard InChI is InChI=1S/C26H23N2S/c1-3-28-24-17-21(19-9-5-4-6-10-19)14-16-25(24)29-26(28)18-22-15-13-20-11-7-8-12-23(20)27(22)2/h4-18H,3H2,1-2H3/q+1. The number of hydrogen-bond donors (Lipinski definition) is 0. The number of pyridine rings is 1. The number of fused-ring (bicyclic) bond motifs is 2. The van der Waals surface area contributed by atoms with E-state index < -0.39 is 0 Å². The molecule has 29 heavy (non-hydrogen) atoms. The number of aryl methyl sites for hydroxylation is 1. The summed E-state index contributed by atoms with van der Waals surface area (Å²) in [5.74, 6) is 0. The third-order valence-corrected chi connectivity index (χ3v) is 6.66. The molecule has 1 aliphatic heterocycles. The van der Waals surface area contributed by atoms with Crippen molar-refractivity contribution in [2.75, 3.05) is 11.4 Å². The Morgan fingerprint density at radius 3 is 2.48 bits per heavy atom. The Bertz CT molecular complexity index is 1230. The van der Waals surface area contributed by atoms with Gasteiger partial charge < -0.3 is 4.90 Å². The summed E-state index contributed by atoms with van der Waals surface area (Å²) in [4.78, 5) is 3.74. The molecular formula is C26H23N2S+. The Balaban J connectivity index is 1.56. The number of benzene rings is 3. The van der Waals surface area contributed by atoms with Crippen LogP contribution in [0.5, 0.6) is 0 Å². The Kier molecular flexibility index (Phi) is 4.61. The highest BCUT2D eigenvalue weighted by Crippen LogP contribution is 2.47. The number of para-hydroxylation sites is 1. The van der Waals surface area contributed by atoms with Gasteiger partial charge in [0.25, 0.3) is 0 Å². The Hall–Kier alpha value is -3.04. The summed E-state index contributed by atoms with van der Waals surface area (Å²) >= 11 is 1.86. The van der Waals surface area contributed by atoms with Crippen molar-refractivity contribution in [3.63, 3.8) is 0 Å². The monoisotopic (exact) mass is 395 g/mol. The fraction of sp³-hybridized carbons (Fsp3) is 0.115. The van der Waals surface area contributed by atoms with Crippen molar-refractivity contribution >= 4 is 34.4 Å². The van der Waals surface area contributed by atoms with Gasteiger partial charge in [0.2, 0.25) is 11.2 Å². The van der Waals surface area contributed by atoms with Gasteiger partial charge in [0.1, 0.15) is 7.05 Å². The van der Waals surface area contributed by atoms with Gasteiger partial charge in [-0.3, -0.25) is 0 Å². The third-order valence-electron chi connectivity index (χ3n) is 5.54. The third kappa shape index (κ3) is 3.22. The molecule has 2 heterocycles. The van der Waals surface area contributed by atoms with E-state index in [4.69, 9.17) is 0 Å². The summed E-state index contributed by atoms with van der Waals surface area (Å²) in [7, 11) is 2.14.